The highest BCUT2D eigenvalue weighted by Gasteiger charge is 2.17. The molecule has 0 amide bonds. The molecule has 2 N–H and O–H groups in total. The van der Waals surface area contributed by atoms with E-state index in [9.17, 15) is 4.79 Å². The topological polar surface area (TPSA) is 54.1 Å². The summed E-state index contributed by atoms with van der Waals surface area (Å²) in [6.07, 6.45) is 1.76. The highest BCUT2D eigenvalue weighted by Crippen LogP contribution is 2.23. The van der Waals surface area contributed by atoms with Crippen LogP contribution in [0.25, 0.3) is 10.9 Å². The summed E-state index contributed by atoms with van der Waals surface area (Å²) in [7, 11) is 1.41. The van der Waals surface area contributed by atoms with Crippen LogP contribution < -0.4 is 5.32 Å². The Morgan fingerprint density at radius 1 is 1.12 bits per heavy atom. The predicted octanol–water partition coefficient (Wildman–Crippen LogP) is 4.14. The molecule has 3 aromatic rings. The lowest BCUT2D eigenvalue weighted by molar-refractivity contribution is 0.0594. The Kier molecular flexibility index (Phi) is 7.25. The van der Waals surface area contributed by atoms with E-state index in [4.69, 9.17) is 4.74 Å². The SMILES string of the molecule is COC(=O)c1[nH]c2ccccc2c1CCNC(C)Cc1ccccc1.Cl. The van der Waals surface area contributed by atoms with Gasteiger partial charge in [-0.05, 0) is 43.5 Å². The Balaban J connectivity index is 0.00000243. The van der Waals surface area contributed by atoms with E-state index in [1.165, 1.54) is 12.7 Å². The molecule has 0 saturated carbocycles. The summed E-state index contributed by atoms with van der Waals surface area (Å²) in [6.45, 7) is 2.99. The van der Waals surface area contributed by atoms with Gasteiger partial charge in [0.1, 0.15) is 5.69 Å². The Bertz CT molecular complexity index is 846. The van der Waals surface area contributed by atoms with E-state index in [0.29, 0.717) is 11.7 Å². The molecule has 0 bridgehead atoms. The summed E-state index contributed by atoms with van der Waals surface area (Å²) in [5.41, 5.74) is 3.86. The summed E-state index contributed by atoms with van der Waals surface area (Å²) < 4.78 is 4.92. The molecule has 0 radical (unpaired) electrons. The van der Waals surface area contributed by atoms with E-state index in [1.54, 1.807) is 0 Å². The van der Waals surface area contributed by atoms with Gasteiger partial charge in [0, 0.05) is 16.9 Å². The first-order valence-electron chi connectivity index (χ1n) is 8.64. The standard InChI is InChI=1S/C21H24N2O2.ClH/c1-15(14-16-8-4-3-5-9-16)22-13-12-18-17-10-6-7-11-19(17)23-20(18)21(24)25-2;/h3-11,15,22-23H,12-14H2,1-2H3;1H. The van der Waals surface area contributed by atoms with Crippen molar-refractivity contribution < 1.29 is 9.53 Å². The van der Waals surface area contributed by atoms with Gasteiger partial charge in [0.2, 0.25) is 0 Å². The van der Waals surface area contributed by atoms with Crippen molar-refractivity contribution in [2.24, 2.45) is 0 Å². The maximum atomic E-state index is 12.1. The van der Waals surface area contributed by atoms with Gasteiger partial charge in [-0.3, -0.25) is 0 Å². The van der Waals surface area contributed by atoms with Crippen LogP contribution in [0, 0.1) is 0 Å². The van der Waals surface area contributed by atoms with E-state index in [0.717, 1.165) is 35.9 Å². The average Bonchev–Trinajstić information content (AvgIpc) is 3.01. The van der Waals surface area contributed by atoms with Crippen LogP contribution in [-0.4, -0.2) is 30.6 Å². The number of rotatable bonds is 7. The van der Waals surface area contributed by atoms with Crippen molar-refractivity contribution in [1.29, 1.82) is 0 Å². The van der Waals surface area contributed by atoms with Crippen LogP contribution in [0.2, 0.25) is 0 Å². The molecule has 5 heteroatoms. The molecule has 1 aromatic heterocycles. The van der Waals surface area contributed by atoms with Gasteiger partial charge in [-0.25, -0.2) is 4.79 Å². The van der Waals surface area contributed by atoms with Crippen molar-refractivity contribution in [2.45, 2.75) is 25.8 Å². The van der Waals surface area contributed by atoms with Crippen LogP contribution in [0.5, 0.6) is 0 Å². The second-order valence-electron chi connectivity index (χ2n) is 6.31. The number of carbonyl (C=O) groups is 1. The van der Waals surface area contributed by atoms with E-state index in [1.807, 2.05) is 30.3 Å². The van der Waals surface area contributed by atoms with Gasteiger partial charge in [0.25, 0.3) is 0 Å². The van der Waals surface area contributed by atoms with Gasteiger partial charge in [0.15, 0.2) is 0 Å². The van der Waals surface area contributed by atoms with Crippen LogP contribution >= 0.6 is 12.4 Å². The van der Waals surface area contributed by atoms with Gasteiger partial charge in [0.05, 0.1) is 7.11 Å². The van der Waals surface area contributed by atoms with Crippen molar-refractivity contribution >= 4 is 29.3 Å². The monoisotopic (exact) mass is 372 g/mol. The van der Waals surface area contributed by atoms with Gasteiger partial charge >= 0.3 is 5.97 Å². The molecule has 0 fully saturated rings. The number of para-hydroxylation sites is 1. The fraction of sp³-hybridized carbons (Fsp3) is 0.286. The number of benzene rings is 2. The third-order valence-electron chi connectivity index (χ3n) is 4.46. The zero-order valence-electron chi connectivity index (χ0n) is 15.1. The number of hydrogen-bond acceptors (Lipinski definition) is 3. The predicted molar refractivity (Wildman–Crippen MR) is 108 cm³/mol. The molecule has 138 valence electrons. The molecule has 0 aliphatic heterocycles. The molecular weight excluding hydrogens is 348 g/mol. The first kappa shape index (κ1) is 20.0. The third kappa shape index (κ3) is 4.65. The number of aromatic nitrogens is 1. The molecule has 2 aromatic carbocycles. The molecule has 4 nitrogen and oxygen atoms in total. The maximum Gasteiger partial charge on any atom is 0.354 e. The molecule has 1 unspecified atom stereocenters. The van der Waals surface area contributed by atoms with Crippen molar-refractivity contribution in [2.75, 3.05) is 13.7 Å². The average molecular weight is 373 g/mol. The Labute approximate surface area is 160 Å². The minimum atomic E-state index is -0.316. The highest BCUT2D eigenvalue weighted by molar-refractivity contribution is 5.98. The molecule has 26 heavy (non-hydrogen) atoms. The second-order valence-corrected chi connectivity index (χ2v) is 6.31. The first-order valence-corrected chi connectivity index (χ1v) is 8.64. The molecule has 0 spiro atoms. The first-order chi connectivity index (χ1) is 12.2. The molecular formula is C21H25ClN2O2. The van der Waals surface area contributed by atoms with Crippen LogP contribution in [0.1, 0.15) is 28.5 Å². The lowest BCUT2D eigenvalue weighted by atomic mass is 10.1. The maximum absolute atomic E-state index is 12.1. The Morgan fingerprint density at radius 3 is 2.54 bits per heavy atom. The summed E-state index contributed by atoms with van der Waals surface area (Å²) in [6, 6.07) is 18.8. The van der Waals surface area contributed by atoms with Gasteiger partial charge in [-0.2, -0.15) is 0 Å². The number of ether oxygens (including phenoxy) is 1. The number of H-pyrrole nitrogens is 1. The van der Waals surface area contributed by atoms with Gasteiger partial charge < -0.3 is 15.0 Å². The fourth-order valence-electron chi connectivity index (χ4n) is 3.22. The zero-order valence-corrected chi connectivity index (χ0v) is 15.9. The molecule has 0 aliphatic rings. The molecule has 1 atom stereocenters. The van der Waals surface area contributed by atoms with Crippen LogP contribution in [-0.2, 0) is 17.6 Å². The zero-order chi connectivity index (χ0) is 17.6. The minimum absolute atomic E-state index is 0. The number of esters is 1. The fourth-order valence-corrected chi connectivity index (χ4v) is 3.22. The number of carbonyl (C=O) groups excluding carboxylic acids is 1. The van der Waals surface area contributed by atoms with Gasteiger partial charge in [-0.1, -0.05) is 48.5 Å². The number of aromatic amines is 1. The van der Waals surface area contributed by atoms with Crippen LogP contribution in [0.15, 0.2) is 54.6 Å². The summed E-state index contributed by atoms with van der Waals surface area (Å²) in [4.78, 5) is 15.3. The second kappa shape index (κ2) is 9.41. The van der Waals surface area contributed by atoms with E-state index in [-0.39, 0.29) is 18.4 Å². The van der Waals surface area contributed by atoms with Crippen LogP contribution in [0.4, 0.5) is 0 Å². The summed E-state index contributed by atoms with van der Waals surface area (Å²) >= 11 is 0. The van der Waals surface area contributed by atoms with Crippen LogP contribution in [0.3, 0.4) is 0 Å². The van der Waals surface area contributed by atoms with Gasteiger partial charge in [-0.15, -0.1) is 12.4 Å². The van der Waals surface area contributed by atoms with E-state index < -0.39 is 0 Å². The molecule has 0 aliphatic carbocycles. The number of halogens is 1. The number of fused-ring (bicyclic) bond motifs is 1. The smallest absolute Gasteiger partial charge is 0.354 e. The summed E-state index contributed by atoms with van der Waals surface area (Å²) in [5.74, 6) is -0.316. The normalized spacial score (nSPS) is 11.8. The van der Waals surface area contributed by atoms with E-state index >= 15 is 0 Å². The number of nitrogens with one attached hydrogen (secondary N) is 2. The minimum Gasteiger partial charge on any atom is -0.464 e. The largest absolute Gasteiger partial charge is 0.464 e. The quantitative estimate of drug-likeness (QED) is 0.613. The van der Waals surface area contributed by atoms with Crippen molar-refractivity contribution in [3.05, 3.63) is 71.4 Å². The lowest BCUT2D eigenvalue weighted by Crippen LogP contribution is -2.30. The number of methoxy groups -OCH3 is 1. The Hall–Kier alpha value is -2.30. The van der Waals surface area contributed by atoms with Crippen molar-refractivity contribution in [3.63, 3.8) is 0 Å². The Morgan fingerprint density at radius 2 is 1.81 bits per heavy atom. The summed E-state index contributed by atoms with van der Waals surface area (Å²) in [5, 5.41) is 4.64. The number of hydrogen-bond donors (Lipinski definition) is 2. The molecule has 0 saturated heterocycles. The third-order valence-corrected chi connectivity index (χ3v) is 4.46. The highest BCUT2D eigenvalue weighted by atomic mass is 35.5. The molecule has 3 rings (SSSR count). The van der Waals surface area contributed by atoms with E-state index in [2.05, 4.69) is 41.5 Å². The lowest BCUT2D eigenvalue weighted by Gasteiger charge is -2.14. The van der Waals surface area contributed by atoms with Crippen molar-refractivity contribution in [1.82, 2.24) is 10.3 Å². The van der Waals surface area contributed by atoms with Crippen molar-refractivity contribution in [3.8, 4) is 0 Å². The molecule has 1 heterocycles.